The van der Waals surface area contributed by atoms with Crippen molar-refractivity contribution in [3.05, 3.63) is 66.8 Å². The van der Waals surface area contributed by atoms with Gasteiger partial charge in [0.05, 0.1) is 36.2 Å². The molecule has 0 saturated heterocycles. The quantitative estimate of drug-likeness (QED) is 0.485. The van der Waals surface area contributed by atoms with Crippen LogP contribution in [0.25, 0.3) is 22.2 Å². The van der Waals surface area contributed by atoms with E-state index in [9.17, 15) is 4.39 Å². The van der Waals surface area contributed by atoms with E-state index in [1.54, 1.807) is 38.8 Å². The first kappa shape index (κ1) is 18.0. The lowest BCUT2D eigenvalue weighted by atomic mass is 10.1. The lowest BCUT2D eigenvalue weighted by Gasteiger charge is -2.07. The van der Waals surface area contributed by atoms with Gasteiger partial charge in [0.25, 0.3) is 0 Å². The molecule has 0 saturated carbocycles. The zero-order chi connectivity index (χ0) is 20.7. The maximum atomic E-state index is 14.3. The van der Waals surface area contributed by atoms with Crippen molar-refractivity contribution in [1.82, 2.24) is 39.3 Å². The molecule has 0 atom stereocenters. The Morgan fingerprint density at radius 2 is 1.73 bits per heavy atom. The molecular formula is C20H18FN9. The zero-order valence-corrected chi connectivity index (χ0v) is 16.4. The lowest BCUT2D eigenvalue weighted by molar-refractivity contribution is 0.621. The molecular weight excluding hydrogens is 385 g/mol. The van der Waals surface area contributed by atoms with Crippen LogP contribution < -0.4 is 5.32 Å². The van der Waals surface area contributed by atoms with Gasteiger partial charge in [0.2, 0.25) is 5.95 Å². The van der Waals surface area contributed by atoms with Crippen molar-refractivity contribution in [3.63, 3.8) is 0 Å². The Kier molecular flexibility index (Phi) is 4.24. The van der Waals surface area contributed by atoms with E-state index in [0.717, 1.165) is 27.8 Å². The summed E-state index contributed by atoms with van der Waals surface area (Å²) in [5.41, 5.74) is 3.84. The average Bonchev–Trinajstić information content (AvgIpc) is 3.43. The van der Waals surface area contributed by atoms with Crippen molar-refractivity contribution < 1.29 is 4.39 Å². The predicted octanol–water partition coefficient (Wildman–Crippen LogP) is 2.89. The monoisotopic (exact) mass is 403 g/mol. The van der Waals surface area contributed by atoms with Crippen LogP contribution >= 0.6 is 0 Å². The number of rotatable bonds is 5. The highest BCUT2D eigenvalue weighted by Crippen LogP contribution is 2.23. The van der Waals surface area contributed by atoms with E-state index in [1.165, 1.54) is 12.1 Å². The Hall–Kier alpha value is -4.08. The second-order valence-electron chi connectivity index (χ2n) is 7.05. The van der Waals surface area contributed by atoms with Crippen LogP contribution in [-0.2, 0) is 20.6 Å². The molecule has 9 nitrogen and oxygen atoms in total. The fourth-order valence-corrected chi connectivity index (χ4v) is 3.31. The van der Waals surface area contributed by atoms with Gasteiger partial charge in [-0.05, 0) is 29.3 Å². The van der Waals surface area contributed by atoms with Gasteiger partial charge in [-0.1, -0.05) is 0 Å². The number of anilines is 2. The maximum absolute atomic E-state index is 14.3. The summed E-state index contributed by atoms with van der Waals surface area (Å²) in [6.07, 6.45) is 10.5. The van der Waals surface area contributed by atoms with Gasteiger partial charge in [-0.25, -0.2) is 14.1 Å². The van der Waals surface area contributed by atoms with Crippen LogP contribution in [-0.4, -0.2) is 39.3 Å². The van der Waals surface area contributed by atoms with E-state index < -0.39 is 0 Å². The van der Waals surface area contributed by atoms with Gasteiger partial charge in [-0.15, -0.1) is 0 Å². The summed E-state index contributed by atoms with van der Waals surface area (Å²) in [4.78, 5) is 8.90. The van der Waals surface area contributed by atoms with Gasteiger partial charge in [-0.3, -0.25) is 9.36 Å². The number of aryl methyl sites for hydroxylation is 2. The maximum Gasteiger partial charge on any atom is 0.229 e. The number of benzene rings is 1. The van der Waals surface area contributed by atoms with Crippen LogP contribution in [0.3, 0.4) is 0 Å². The summed E-state index contributed by atoms with van der Waals surface area (Å²) in [5, 5.41) is 16.6. The molecule has 10 heteroatoms. The minimum Gasteiger partial charge on any atom is -0.321 e. The number of aromatic nitrogens is 8. The van der Waals surface area contributed by atoms with Gasteiger partial charge >= 0.3 is 0 Å². The molecule has 5 rings (SSSR count). The standard InChI is InChI=1S/C20H18FN9/c1-28-11-16(8-23-28)14-3-13(4-17(21)5-14)10-30-19-15(7-25-30)6-22-20(27-19)26-18-9-24-29(2)12-18/h3-9,11-12H,10H2,1-2H3,(H,22,26,27). The molecule has 0 unspecified atom stereocenters. The molecule has 0 bridgehead atoms. The molecule has 4 heterocycles. The van der Waals surface area contributed by atoms with E-state index in [2.05, 4.69) is 30.6 Å². The van der Waals surface area contributed by atoms with Crippen LogP contribution in [0.5, 0.6) is 0 Å². The second kappa shape index (κ2) is 7.07. The van der Waals surface area contributed by atoms with Crippen molar-refractivity contribution in [2.24, 2.45) is 14.1 Å². The van der Waals surface area contributed by atoms with E-state index in [4.69, 9.17) is 0 Å². The van der Waals surface area contributed by atoms with Crippen molar-refractivity contribution in [3.8, 4) is 11.1 Å². The molecule has 0 aliphatic carbocycles. The summed E-state index contributed by atoms with van der Waals surface area (Å²) in [6, 6.07) is 4.94. The third kappa shape index (κ3) is 3.50. The molecule has 0 spiro atoms. The Morgan fingerprint density at radius 1 is 0.900 bits per heavy atom. The molecule has 5 aromatic rings. The van der Waals surface area contributed by atoms with E-state index in [1.807, 2.05) is 32.6 Å². The topological polar surface area (TPSA) is 91.3 Å². The molecule has 1 N–H and O–H groups in total. The van der Waals surface area contributed by atoms with Crippen molar-refractivity contribution in [2.45, 2.75) is 6.54 Å². The normalized spacial score (nSPS) is 11.3. The molecule has 0 aliphatic heterocycles. The highest BCUT2D eigenvalue weighted by atomic mass is 19.1. The lowest BCUT2D eigenvalue weighted by Crippen LogP contribution is -2.05. The predicted molar refractivity (Wildman–Crippen MR) is 110 cm³/mol. The summed E-state index contributed by atoms with van der Waals surface area (Å²) in [5.74, 6) is 0.129. The smallest absolute Gasteiger partial charge is 0.229 e. The molecule has 150 valence electrons. The van der Waals surface area contributed by atoms with Crippen LogP contribution in [0, 0.1) is 5.82 Å². The number of nitrogens with one attached hydrogen (secondary N) is 1. The van der Waals surface area contributed by atoms with Gasteiger partial charge < -0.3 is 5.32 Å². The van der Waals surface area contributed by atoms with Crippen molar-refractivity contribution >= 4 is 22.7 Å². The van der Waals surface area contributed by atoms with E-state index in [0.29, 0.717) is 18.1 Å². The Bertz CT molecular complexity index is 1350. The van der Waals surface area contributed by atoms with Gasteiger partial charge in [-0.2, -0.15) is 20.3 Å². The second-order valence-corrected chi connectivity index (χ2v) is 7.05. The highest BCUT2D eigenvalue weighted by Gasteiger charge is 2.11. The van der Waals surface area contributed by atoms with Crippen LogP contribution in [0.1, 0.15) is 5.56 Å². The number of hydrogen-bond donors (Lipinski definition) is 1. The third-order valence-electron chi connectivity index (χ3n) is 4.67. The Balaban J connectivity index is 1.46. The van der Waals surface area contributed by atoms with E-state index >= 15 is 0 Å². The van der Waals surface area contributed by atoms with Crippen LogP contribution in [0.2, 0.25) is 0 Å². The first-order valence-corrected chi connectivity index (χ1v) is 9.26. The minimum atomic E-state index is -0.309. The minimum absolute atomic E-state index is 0.309. The SMILES string of the molecule is Cn1cc(Nc2ncc3cnn(Cc4cc(F)cc(-c5cnn(C)c5)c4)c3n2)cn1. The van der Waals surface area contributed by atoms with Gasteiger partial charge in [0.1, 0.15) is 5.82 Å². The highest BCUT2D eigenvalue weighted by molar-refractivity contribution is 5.75. The molecule has 4 aromatic heterocycles. The number of hydrogen-bond acceptors (Lipinski definition) is 6. The molecule has 0 aliphatic rings. The molecule has 0 amide bonds. The first-order valence-electron chi connectivity index (χ1n) is 9.26. The van der Waals surface area contributed by atoms with Gasteiger partial charge in [0.15, 0.2) is 5.65 Å². The Morgan fingerprint density at radius 3 is 2.50 bits per heavy atom. The van der Waals surface area contributed by atoms with Crippen molar-refractivity contribution in [1.29, 1.82) is 0 Å². The summed E-state index contributed by atoms with van der Waals surface area (Å²) in [6.45, 7) is 0.373. The number of nitrogens with zero attached hydrogens (tertiary/aromatic N) is 8. The molecule has 0 fully saturated rings. The van der Waals surface area contributed by atoms with E-state index in [-0.39, 0.29) is 5.82 Å². The van der Waals surface area contributed by atoms with Crippen LogP contribution in [0.4, 0.5) is 16.0 Å². The zero-order valence-electron chi connectivity index (χ0n) is 16.4. The van der Waals surface area contributed by atoms with Gasteiger partial charge in [0, 0.05) is 38.2 Å². The fraction of sp³-hybridized carbons (Fsp3) is 0.150. The molecule has 0 radical (unpaired) electrons. The third-order valence-corrected chi connectivity index (χ3v) is 4.67. The van der Waals surface area contributed by atoms with Crippen LogP contribution in [0.15, 0.2) is 55.4 Å². The summed E-state index contributed by atoms with van der Waals surface area (Å²) in [7, 11) is 3.67. The largest absolute Gasteiger partial charge is 0.321 e. The van der Waals surface area contributed by atoms with Crippen molar-refractivity contribution in [2.75, 3.05) is 5.32 Å². The number of halogens is 1. The average molecular weight is 403 g/mol. The summed E-state index contributed by atoms with van der Waals surface area (Å²) >= 11 is 0. The Labute approximate surface area is 170 Å². The molecule has 30 heavy (non-hydrogen) atoms. The first-order chi connectivity index (χ1) is 14.5. The summed E-state index contributed by atoms with van der Waals surface area (Å²) < 4.78 is 19.4. The fourth-order valence-electron chi connectivity index (χ4n) is 3.31. The number of fused-ring (bicyclic) bond motifs is 1. The molecule has 1 aromatic carbocycles.